The van der Waals surface area contributed by atoms with Gasteiger partial charge in [0.2, 0.25) is 5.91 Å². The van der Waals surface area contributed by atoms with Crippen LogP contribution in [0, 0.1) is 12.8 Å². The van der Waals surface area contributed by atoms with Gasteiger partial charge in [0.05, 0.1) is 23.3 Å². The largest absolute Gasteiger partial charge is 0.476 e. The third-order valence-corrected chi connectivity index (χ3v) is 4.87. The van der Waals surface area contributed by atoms with E-state index in [2.05, 4.69) is 15.7 Å². The number of aryl methyl sites for hydroxylation is 1. The fraction of sp³-hybridized carbons (Fsp3) is 0.421. The van der Waals surface area contributed by atoms with Crippen molar-refractivity contribution in [3.05, 3.63) is 51.8 Å². The zero-order valence-corrected chi connectivity index (χ0v) is 17.5. The highest BCUT2D eigenvalue weighted by Crippen LogP contribution is 2.19. The first-order valence-corrected chi connectivity index (χ1v) is 9.85. The van der Waals surface area contributed by atoms with Crippen molar-refractivity contribution in [3.8, 4) is 0 Å². The highest BCUT2D eigenvalue weighted by atomic mass is 35.5. The average molecular weight is 443 g/mol. The van der Waals surface area contributed by atoms with Crippen LogP contribution in [0.25, 0.3) is 0 Å². The van der Waals surface area contributed by atoms with Crippen molar-refractivity contribution >= 4 is 35.1 Å². The lowest BCUT2D eigenvalue weighted by Gasteiger charge is -2.14. The number of hydrogen-bond donors (Lipinski definition) is 3. The molecule has 1 fully saturated rings. The maximum absolute atomic E-state index is 11.9. The molecule has 1 saturated heterocycles. The minimum Gasteiger partial charge on any atom is -0.476 e. The second-order valence-electron chi connectivity index (χ2n) is 6.50. The van der Waals surface area contributed by atoms with Gasteiger partial charge < -0.3 is 20.5 Å². The normalized spacial score (nSPS) is 16.3. The van der Waals surface area contributed by atoms with Crippen LogP contribution in [0.15, 0.2) is 30.3 Å². The van der Waals surface area contributed by atoms with Gasteiger partial charge in [0.25, 0.3) is 0 Å². The highest BCUT2D eigenvalue weighted by Gasteiger charge is 2.15. The van der Waals surface area contributed by atoms with Crippen LogP contribution in [0.2, 0.25) is 10.0 Å². The molecule has 1 aromatic heterocycles. The van der Waals surface area contributed by atoms with E-state index in [1.54, 1.807) is 19.1 Å². The Morgan fingerprint density at radius 1 is 1.34 bits per heavy atom. The van der Waals surface area contributed by atoms with Gasteiger partial charge in [-0.25, -0.2) is 4.79 Å². The van der Waals surface area contributed by atoms with Crippen molar-refractivity contribution in [1.29, 1.82) is 0 Å². The molecule has 3 N–H and O–H groups in total. The van der Waals surface area contributed by atoms with Crippen molar-refractivity contribution in [2.45, 2.75) is 13.5 Å². The van der Waals surface area contributed by atoms with Crippen LogP contribution in [0.4, 0.5) is 0 Å². The maximum Gasteiger partial charge on any atom is 0.356 e. The van der Waals surface area contributed by atoms with E-state index in [0.29, 0.717) is 35.5 Å². The number of aromatic nitrogens is 2. The SMILES string of the molecule is Cc1cc(C(=O)O)nn1CC(=O)NCC1CNCCOC1.Clc1ccccc1Cl. The summed E-state index contributed by atoms with van der Waals surface area (Å²) in [4.78, 5) is 22.7. The number of carbonyl (C=O) groups excluding carboxylic acids is 1. The first-order chi connectivity index (χ1) is 13.9. The maximum atomic E-state index is 11.9. The number of benzene rings is 1. The number of carboxylic acid groups (broad SMARTS) is 1. The molecule has 0 bridgehead atoms. The van der Waals surface area contributed by atoms with Crippen LogP contribution in [-0.2, 0) is 16.1 Å². The van der Waals surface area contributed by atoms with E-state index >= 15 is 0 Å². The van der Waals surface area contributed by atoms with Crippen molar-refractivity contribution in [3.63, 3.8) is 0 Å². The molecular weight excluding hydrogens is 419 g/mol. The van der Waals surface area contributed by atoms with Gasteiger partial charge in [0.15, 0.2) is 5.69 Å². The van der Waals surface area contributed by atoms with Crippen LogP contribution < -0.4 is 10.6 Å². The number of nitrogens with zero attached hydrogens (tertiary/aromatic N) is 2. The smallest absolute Gasteiger partial charge is 0.356 e. The van der Waals surface area contributed by atoms with Gasteiger partial charge in [-0.05, 0) is 25.1 Å². The molecule has 1 atom stereocenters. The molecule has 0 radical (unpaired) electrons. The molecule has 1 aromatic carbocycles. The molecule has 1 amide bonds. The average Bonchev–Trinajstić information content (AvgIpc) is 2.89. The standard InChI is InChI=1S/C13H20N4O4.C6H4Cl2/c1-9-4-11(13(19)20)16-17(9)7-12(18)15-6-10-5-14-2-3-21-8-10;7-5-3-1-2-4-6(5)8/h4,10,14H,2-3,5-8H2,1H3,(H,15,18)(H,19,20);1-4H. The van der Waals surface area contributed by atoms with E-state index in [9.17, 15) is 9.59 Å². The lowest BCUT2D eigenvalue weighted by molar-refractivity contribution is -0.122. The third-order valence-electron chi connectivity index (χ3n) is 4.12. The van der Waals surface area contributed by atoms with Gasteiger partial charge in [0, 0.05) is 31.2 Å². The molecule has 0 aliphatic carbocycles. The second-order valence-corrected chi connectivity index (χ2v) is 7.31. The van der Waals surface area contributed by atoms with Gasteiger partial charge in [-0.2, -0.15) is 5.10 Å². The fourth-order valence-electron chi connectivity index (χ4n) is 2.55. The highest BCUT2D eigenvalue weighted by molar-refractivity contribution is 6.41. The molecule has 3 rings (SSSR count). The molecule has 29 heavy (non-hydrogen) atoms. The van der Waals surface area contributed by atoms with Crippen LogP contribution in [0.1, 0.15) is 16.2 Å². The second kappa shape index (κ2) is 11.8. The Kier molecular flexibility index (Phi) is 9.40. The molecule has 2 aromatic rings. The molecule has 10 heteroatoms. The summed E-state index contributed by atoms with van der Waals surface area (Å²) < 4.78 is 6.80. The first-order valence-electron chi connectivity index (χ1n) is 9.09. The number of ether oxygens (including phenoxy) is 1. The number of aromatic carboxylic acids is 1. The zero-order chi connectivity index (χ0) is 21.2. The number of halogens is 2. The number of rotatable bonds is 5. The molecule has 2 heterocycles. The number of carbonyl (C=O) groups is 2. The van der Waals surface area contributed by atoms with Crippen LogP contribution >= 0.6 is 23.2 Å². The summed E-state index contributed by atoms with van der Waals surface area (Å²) in [5.41, 5.74) is 0.587. The predicted octanol–water partition coefficient (Wildman–Crippen LogP) is 2.24. The van der Waals surface area contributed by atoms with E-state index in [1.807, 2.05) is 12.1 Å². The molecular formula is C19H24Cl2N4O4. The predicted molar refractivity (Wildman–Crippen MR) is 111 cm³/mol. The molecule has 1 unspecified atom stereocenters. The Hall–Kier alpha value is -2.13. The van der Waals surface area contributed by atoms with Gasteiger partial charge in [-0.15, -0.1) is 0 Å². The van der Waals surface area contributed by atoms with Crippen molar-refractivity contribution in [2.24, 2.45) is 5.92 Å². The molecule has 8 nitrogen and oxygen atoms in total. The number of hydrogen-bond acceptors (Lipinski definition) is 5. The summed E-state index contributed by atoms with van der Waals surface area (Å²) >= 11 is 11.2. The summed E-state index contributed by atoms with van der Waals surface area (Å²) in [6, 6.07) is 8.63. The van der Waals surface area contributed by atoms with E-state index in [4.69, 9.17) is 33.0 Å². The number of amides is 1. The van der Waals surface area contributed by atoms with Gasteiger partial charge >= 0.3 is 5.97 Å². The Labute approximate surface area is 179 Å². The van der Waals surface area contributed by atoms with Crippen molar-refractivity contribution < 1.29 is 19.4 Å². The van der Waals surface area contributed by atoms with E-state index in [1.165, 1.54) is 10.7 Å². The van der Waals surface area contributed by atoms with E-state index in [-0.39, 0.29) is 24.1 Å². The van der Waals surface area contributed by atoms with E-state index in [0.717, 1.165) is 13.1 Å². The lowest BCUT2D eigenvalue weighted by Crippen LogP contribution is -2.37. The summed E-state index contributed by atoms with van der Waals surface area (Å²) in [6.07, 6.45) is 0. The van der Waals surface area contributed by atoms with E-state index < -0.39 is 5.97 Å². The molecule has 1 aliphatic rings. The Morgan fingerprint density at radius 2 is 2.03 bits per heavy atom. The van der Waals surface area contributed by atoms with Gasteiger partial charge in [-0.1, -0.05) is 35.3 Å². The Balaban J connectivity index is 0.000000313. The van der Waals surface area contributed by atoms with Crippen LogP contribution in [0.3, 0.4) is 0 Å². The van der Waals surface area contributed by atoms with Crippen LogP contribution in [-0.4, -0.2) is 59.6 Å². The minimum atomic E-state index is -1.10. The quantitative estimate of drug-likeness (QED) is 0.655. The lowest BCUT2D eigenvalue weighted by atomic mass is 10.1. The first kappa shape index (κ1) is 23.2. The molecule has 0 spiro atoms. The fourth-order valence-corrected chi connectivity index (χ4v) is 2.83. The molecule has 158 valence electrons. The summed E-state index contributed by atoms with van der Waals surface area (Å²) in [5, 5.41) is 20.0. The number of carboxylic acids is 1. The zero-order valence-electron chi connectivity index (χ0n) is 16.0. The Bertz CT molecular complexity index is 799. The monoisotopic (exact) mass is 442 g/mol. The van der Waals surface area contributed by atoms with Gasteiger partial charge in [0.1, 0.15) is 6.54 Å². The molecule has 1 aliphatic heterocycles. The van der Waals surface area contributed by atoms with Crippen molar-refractivity contribution in [1.82, 2.24) is 20.4 Å². The topological polar surface area (TPSA) is 105 Å². The third kappa shape index (κ3) is 8.02. The van der Waals surface area contributed by atoms with Gasteiger partial charge in [-0.3, -0.25) is 9.48 Å². The summed E-state index contributed by atoms with van der Waals surface area (Å²) in [6.45, 7) is 5.21. The minimum absolute atomic E-state index is 0.0140. The van der Waals surface area contributed by atoms with Crippen molar-refractivity contribution in [2.75, 3.05) is 32.8 Å². The summed E-state index contributed by atoms with van der Waals surface area (Å²) in [5.74, 6) is -1.05. The summed E-state index contributed by atoms with van der Waals surface area (Å²) in [7, 11) is 0. The molecule has 0 saturated carbocycles. The number of nitrogens with one attached hydrogen (secondary N) is 2. The van der Waals surface area contributed by atoms with Crippen LogP contribution in [0.5, 0.6) is 0 Å². The Morgan fingerprint density at radius 3 is 2.62 bits per heavy atom.